The second-order valence-corrected chi connectivity index (χ2v) is 7.33. The second-order valence-electron chi connectivity index (χ2n) is 7.33. The van der Waals surface area contributed by atoms with E-state index in [2.05, 4.69) is 20.2 Å². The predicted molar refractivity (Wildman–Crippen MR) is 120 cm³/mol. The van der Waals surface area contributed by atoms with Crippen LogP contribution in [-0.4, -0.2) is 35.6 Å². The molecular weight excluding hydrogens is 392 g/mol. The van der Waals surface area contributed by atoms with E-state index >= 15 is 0 Å². The number of para-hydroxylation sites is 1. The first-order chi connectivity index (χ1) is 15.2. The van der Waals surface area contributed by atoms with Crippen LogP contribution in [0.1, 0.15) is 19.8 Å². The Bertz CT molecular complexity index is 995. The van der Waals surface area contributed by atoms with Gasteiger partial charge in [0.25, 0.3) is 5.88 Å². The smallest absolute Gasteiger partial charge is 0.263 e. The fraction of sp³-hybridized carbons (Fsp3) is 0.292. The van der Waals surface area contributed by atoms with Crippen LogP contribution in [0.4, 0.5) is 11.5 Å². The maximum absolute atomic E-state index is 12.9. The number of benzene rings is 2. The highest BCUT2D eigenvalue weighted by atomic mass is 16.5. The van der Waals surface area contributed by atoms with Crippen LogP contribution in [0.2, 0.25) is 0 Å². The molecule has 3 aromatic rings. The standard InChI is InChI=1S/C24H26N4O3/c1-2-30-20-12-10-19(11-13-20)27-23(29)18-7-6-16-28(17-18)22-24(26-15-14-25-22)31-21-8-4-3-5-9-21/h3-5,8-15,18H,2,6-7,16-17H2,1H3,(H,27,29)/t18-/m0/s1. The fourth-order valence-corrected chi connectivity index (χ4v) is 3.64. The molecule has 31 heavy (non-hydrogen) atoms. The zero-order chi connectivity index (χ0) is 21.5. The molecule has 7 nitrogen and oxygen atoms in total. The Morgan fingerprint density at radius 3 is 2.61 bits per heavy atom. The van der Waals surface area contributed by atoms with E-state index in [9.17, 15) is 4.79 Å². The number of hydrogen-bond acceptors (Lipinski definition) is 6. The van der Waals surface area contributed by atoms with Crippen LogP contribution in [-0.2, 0) is 4.79 Å². The average molecular weight is 418 g/mol. The minimum Gasteiger partial charge on any atom is -0.494 e. The molecule has 1 aliphatic rings. The second kappa shape index (κ2) is 9.93. The summed E-state index contributed by atoms with van der Waals surface area (Å²) in [4.78, 5) is 23.8. The molecule has 1 saturated heterocycles. The van der Waals surface area contributed by atoms with E-state index in [4.69, 9.17) is 9.47 Å². The Morgan fingerprint density at radius 2 is 1.84 bits per heavy atom. The molecule has 0 saturated carbocycles. The number of nitrogens with one attached hydrogen (secondary N) is 1. The summed E-state index contributed by atoms with van der Waals surface area (Å²) < 4.78 is 11.4. The molecule has 0 spiro atoms. The van der Waals surface area contributed by atoms with Gasteiger partial charge in [-0.2, -0.15) is 0 Å². The normalized spacial score (nSPS) is 15.9. The molecule has 7 heteroatoms. The van der Waals surface area contributed by atoms with Crippen molar-refractivity contribution in [3.05, 3.63) is 67.0 Å². The zero-order valence-corrected chi connectivity index (χ0v) is 17.5. The van der Waals surface area contributed by atoms with Crippen LogP contribution >= 0.6 is 0 Å². The van der Waals surface area contributed by atoms with Gasteiger partial charge in [-0.25, -0.2) is 9.97 Å². The van der Waals surface area contributed by atoms with Crippen molar-refractivity contribution < 1.29 is 14.3 Å². The molecule has 1 amide bonds. The van der Waals surface area contributed by atoms with Crippen molar-refractivity contribution >= 4 is 17.4 Å². The number of hydrogen-bond donors (Lipinski definition) is 1. The van der Waals surface area contributed by atoms with Crippen molar-refractivity contribution in [2.75, 3.05) is 29.9 Å². The molecule has 1 aliphatic heterocycles. The van der Waals surface area contributed by atoms with Crippen molar-refractivity contribution in [1.82, 2.24) is 9.97 Å². The molecule has 2 aromatic carbocycles. The highest BCUT2D eigenvalue weighted by molar-refractivity contribution is 5.93. The van der Waals surface area contributed by atoms with E-state index in [1.807, 2.05) is 61.5 Å². The summed E-state index contributed by atoms with van der Waals surface area (Å²) in [6.07, 6.45) is 4.98. The van der Waals surface area contributed by atoms with E-state index in [-0.39, 0.29) is 11.8 Å². The van der Waals surface area contributed by atoms with Gasteiger partial charge in [0.1, 0.15) is 11.5 Å². The first-order valence-electron chi connectivity index (χ1n) is 10.6. The molecule has 0 radical (unpaired) electrons. The van der Waals surface area contributed by atoms with Gasteiger partial charge >= 0.3 is 0 Å². The Balaban J connectivity index is 1.43. The van der Waals surface area contributed by atoms with E-state index in [1.54, 1.807) is 12.4 Å². The molecule has 2 heterocycles. The highest BCUT2D eigenvalue weighted by Gasteiger charge is 2.28. The van der Waals surface area contributed by atoms with Gasteiger partial charge in [-0.3, -0.25) is 4.79 Å². The summed E-state index contributed by atoms with van der Waals surface area (Å²) in [5.74, 6) is 2.45. The number of anilines is 2. The molecule has 0 aliphatic carbocycles. The largest absolute Gasteiger partial charge is 0.494 e. The van der Waals surface area contributed by atoms with Crippen molar-refractivity contribution in [3.8, 4) is 17.4 Å². The maximum Gasteiger partial charge on any atom is 0.263 e. The van der Waals surface area contributed by atoms with E-state index in [0.29, 0.717) is 30.6 Å². The van der Waals surface area contributed by atoms with Crippen molar-refractivity contribution in [2.24, 2.45) is 5.92 Å². The van der Waals surface area contributed by atoms with Gasteiger partial charge in [-0.05, 0) is 56.2 Å². The summed E-state index contributed by atoms with van der Waals surface area (Å²) in [7, 11) is 0. The first kappa shape index (κ1) is 20.7. The Kier molecular flexibility index (Phi) is 6.62. The van der Waals surface area contributed by atoms with E-state index in [0.717, 1.165) is 30.8 Å². The van der Waals surface area contributed by atoms with Crippen molar-refractivity contribution in [1.29, 1.82) is 0 Å². The molecular formula is C24H26N4O3. The third-order valence-corrected chi connectivity index (χ3v) is 5.13. The lowest BCUT2D eigenvalue weighted by Gasteiger charge is -2.33. The summed E-state index contributed by atoms with van der Waals surface area (Å²) in [6, 6.07) is 16.9. The maximum atomic E-state index is 12.9. The third kappa shape index (κ3) is 5.31. The first-order valence-corrected chi connectivity index (χ1v) is 10.6. The minimum atomic E-state index is -0.146. The summed E-state index contributed by atoms with van der Waals surface area (Å²) >= 11 is 0. The monoisotopic (exact) mass is 418 g/mol. The van der Waals surface area contributed by atoms with Gasteiger partial charge in [0.2, 0.25) is 5.91 Å². The summed E-state index contributed by atoms with van der Waals surface area (Å²) in [6.45, 7) is 3.92. The molecule has 1 fully saturated rings. The molecule has 1 aromatic heterocycles. The van der Waals surface area contributed by atoms with Crippen molar-refractivity contribution in [3.63, 3.8) is 0 Å². The lowest BCUT2D eigenvalue weighted by atomic mass is 9.97. The molecule has 1 atom stereocenters. The molecule has 160 valence electrons. The highest BCUT2D eigenvalue weighted by Crippen LogP contribution is 2.31. The minimum absolute atomic E-state index is 0.00304. The number of carbonyl (C=O) groups excluding carboxylic acids is 1. The summed E-state index contributed by atoms with van der Waals surface area (Å²) in [5.41, 5.74) is 0.762. The topological polar surface area (TPSA) is 76.6 Å². The van der Waals surface area contributed by atoms with E-state index in [1.165, 1.54) is 0 Å². The van der Waals surface area contributed by atoms with Crippen LogP contribution in [0, 0.1) is 5.92 Å². The Labute approximate surface area is 182 Å². The third-order valence-electron chi connectivity index (χ3n) is 5.13. The lowest BCUT2D eigenvalue weighted by molar-refractivity contribution is -0.120. The summed E-state index contributed by atoms with van der Waals surface area (Å²) in [5, 5.41) is 3.02. The van der Waals surface area contributed by atoms with Gasteiger partial charge in [0, 0.05) is 31.2 Å². The van der Waals surface area contributed by atoms with Crippen LogP contribution in [0.5, 0.6) is 17.4 Å². The number of aromatic nitrogens is 2. The number of carbonyl (C=O) groups is 1. The van der Waals surface area contributed by atoms with Gasteiger partial charge in [-0.15, -0.1) is 0 Å². The fourth-order valence-electron chi connectivity index (χ4n) is 3.64. The number of ether oxygens (including phenoxy) is 2. The molecule has 0 unspecified atom stereocenters. The zero-order valence-electron chi connectivity index (χ0n) is 17.5. The Morgan fingerprint density at radius 1 is 1.06 bits per heavy atom. The van der Waals surface area contributed by atoms with Gasteiger partial charge in [-0.1, -0.05) is 18.2 Å². The number of amides is 1. The lowest BCUT2D eigenvalue weighted by Crippen LogP contribution is -2.41. The van der Waals surface area contributed by atoms with Gasteiger partial charge in [0.05, 0.1) is 12.5 Å². The molecule has 4 rings (SSSR count). The Hall–Kier alpha value is -3.61. The van der Waals surface area contributed by atoms with Crippen molar-refractivity contribution in [2.45, 2.75) is 19.8 Å². The van der Waals surface area contributed by atoms with Crippen LogP contribution in [0.25, 0.3) is 0 Å². The molecule has 0 bridgehead atoms. The number of piperidine rings is 1. The van der Waals surface area contributed by atoms with Crippen LogP contribution in [0.15, 0.2) is 67.0 Å². The van der Waals surface area contributed by atoms with Gasteiger partial charge < -0.3 is 19.7 Å². The average Bonchev–Trinajstić information content (AvgIpc) is 2.82. The number of nitrogens with zero attached hydrogens (tertiary/aromatic N) is 3. The van der Waals surface area contributed by atoms with Crippen LogP contribution < -0.4 is 19.7 Å². The molecule has 1 N–H and O–H groups in total. The van der Waals surface area contributed by atoms with E-state index < -0.39 is 0 Å². The quantitative estimate of drug-likeness (QED) is 0.608. The van der Waals surface area contributed by atoms with Crippen LogP contribution in [0.3, 0.4) is 0 Å². The predicted octanol–water partition coefficient (Wildman–Crippen LogP) is 4.52. The number of rotatable bonds is 7. The SMILES string of the molecule is CCOc1ccc(NC(=O)[C@H]2CCCN(c3nccnc3Oc3ccccc3)C2)cc1. The van der Waals surface area contributed by atoms with Gasteiger partial charge in [0.15, 0.2) is 5.82 Å².